The van der Waals surface area contributed by atoms with Crippen molar-refractivity contribution in [2.45, 2.75) is 13.5 Å². The number of H-pyrrole nitrogens is 2. The SMILES string of the molecule is C=N/C(C)=C\N(C)c1nccc2[nH]c(-c3[nH]nc4ncc(-c5cncc(CN(C)C)c5)cc34)nc12. The molecule has 0 radical (unpaired) electrons. The number of nitrogens with one attached hydrogen (secondary N) is 2. The van der Waals surface area contributed by atoms with Crippen LogP contribution in [0, 0.1) is 0 Å². The first-order chi connectivity index (χ1) is 16.9. The van der Waals surface area contributed by atoms with Crippen LogP contribution >= 0.6 is 0 Å². The number of aromatic amines is 2. The molecule has 0 spiro atoms. The highest BCUT2D eigenvalue weighted by Crippen LogP contribution is 2.31. The molecule has 0 aliphatic rings. The van der Waals surface area contributed by atoms with Crippen molar-refractivity contribution in [2.75, 3.05) is 26.0 Å². The van der Waals surface area contributed by atoms with E-state index in [0.29, 0.717) is 17.3 Å². The molecule has 0 unspecified atom stereocenters. The van der Waals surface area contributed by atoms with Gasteiger partial charge >= 0.3 is 0 Å². The van der Waals surface area contributed by atoms with Gasteiger partial charge in [-0.15, -0.1) is 0 Å². The summed E-state index contributed by atoms with van der Waals surface area (Å²) in [4.78, 5) is 29.7. The van der Waals surface area contributed by atoms with Crippen LogP contribution < -0.4 is 4.90 Å². The molecule has 0 atom stereocenters. The molecule has 0 aliphatic heterocycles. The number of hydrogen-bond donors (Lipinski definition) is 2. The van der Waals surface area contributed by atoms with Gasteiger partial charge < -0.3 is 14.8 Å². The summed E-state index contributed by atoms with van der Waals surface area (Å²) in [5.74, 6) is 1.37. The Morgan fingerprint density at radius 1 is 1.11 bits per heavy atom. The molecule has 2 N–H and O–H groups in total. The Hall–Kier alpha value is -4.44. The van der Waals surface area contributed by atoms with Crippen molar-refractivity contribution in [1.82, 2.24) is 40.0 Å². The van der Waals surface area contributed by atoms with Gasteiger partial charge in [0, 0.05) is 55.7 Å². The summed E-state index contributed by atoms with van der Waals surface area (Å²) in [6.07, 6.45) is 9.17. The van der Waals surface area contributed by atoms with Crippen LogP contribution in [0.15, 0.2) is 59.9 Å². The number of aliphatic imine (C=N–C) groups is 1. The number of fused-ring (bicyclic) bond motifs is 2. The van der Waals surface area contributed by atoms with Crippen LogP contribution in [0.5, 0.6) is 0 Å². The summed E-state index contributed by atoms with van der Waals surface area (Å²) >= 11 is 0. The van der Waals surface area contributed by atoms with Crippen LogP contribution in [-0.4, -0.2) is 67.9 Å². The molecule has 5 aromatic heterocycles. The van der Waals surface area contributed by atoms with Gasteiger partial charge in [0.15, 0.2) is 17.3 Å². The minimum Gasteiger partial charge on any atom is -0.336 e. The summed E-state index contributed by atoms with van der Waals surface area (Å²) < 4.78 is 0. The van der Waals surface area contributed by atoms with Crippen LogP contribution in [-0.2, 0) is 6.54 Å². The zero-order chi connectivity index (χ0) is 24.5. The Labute approximate surface area is 202 Å². The summed E-state index contributed by atoms with van der Waals surface area (Å²) in [5.41, 5.74) is 6.86. The van der Waals surface area contributed by atoms with E-state index in [1.54, 1.807) is 6.20 Å². The lowest BCUT2D eigenvalue weighted by Crippen LogP contribution is -2.11. The molecule has 5 aromatic rings. The van der Waals surface area contributed by atoms with E-state index >= 15 is 0 Å². The second-order valence-corrected chi connectivity index (χ2v) is 8.67. The van der Waals surface area contributed by atoms with Crippen LogP contribution in [0.25, 0.3) is 44.7 Å². The third-order valence-electron chi connectivity index (χ3n) is 5.62. The molecule has 35 heavy (non-hydrogen) atoms. The van der Waals surface area contributed by atoms with Gasteiger partial charge in [-0.05, 0) is 51.5 Å². The Morgan fingerprint density at radius 2 is 1.94 bits per heavy atom. The second kappa shape index (κ2) is 9.07. The topological polar surface area (TPSA) is 115 Å². The van der Waals surface area contributed by atoms with Gasteiger partial charge in [0.1, 0.15) is 11.2 Å². The largest absolute Gasteiger partial charge is 0.336 e. The van der Waals surface area contributed by atoms with Crippen molar-refractivity contribution in [2.24, 2.45) is 4.99 Å². The molecule has 0 aromatic carbocycles. The number of aromatic nitrogens is 7. The molecular formula is C25H26N10. The van der Waals surface area contributed by atoms with Crippen LogP contribution in [0.2, 0.25) is 0 Å². The van der Waals surface area contributed by atoms with E-state index in [4.69, 9.17) is 4.98 Å². The normalized spacial score (nSPS) is 12.1. The number of imidazole rings is 1. The lowest BCUT2D eigenvalue weighted by molar-refractivity contribution is 0.402. The van der Waals surface area contributed by atoms with E-state index in [2.05, 4.69) is 58.9 Å². The van der Waals surface area contributed by atoms with Crippen molar-refractivity contribution < 1.29 is 0 Å². The van der Waals surface area contributed by atoms with Crippen LogP contribution in [0.3, 0.4) is 0 Å². The maximum atomic E-state index is 4.86. The Bertz CT molecular complexity index is 1560. The number of pyridine rings is 3. The number of anilines is 1. The first-order valence-corrected chi connectivity index (χ1v) is 11.1. The van der Waals surface area contributed by atoms with Gasteiger partial charge in [-0.2, -0.15) is 5.10 Å². The predicted molar refractivity (Wildman–Crippen MR) is 139 cm³/mol. The van der Waals surface area contributed by atoms with Crippen LogP contribution in [0.4, 0.5) is 5.82 Å². The minimum atomic E-state index is 0.618. The van der Waals surface area contributed by atoms with Crippen LogP contribution in [0.1, 0.15) is 12.5 Å². The standard InChI is InChI=1S/C25H26N10/c1-15(26-2)13-35(5)25-22-20(6-7-28-25)30-24(31-22)21-19-9-18(12-29-23(19)33-32-21)17-8-16(10-27-11-17)14-34(3)4/h6-13H,2,14H2,1,3-5H3,(H,30,31)(H,29,32,33)/b15-13-. The molecule has 10 nitrogen and oxygen atoms in total. The molecule has 5 rings (SSSR count). The van der Waals surface area contributed by atoms with Crippen molar-refractivity contribution in [3.8, 4) is 22.6 Å². The quantitative estimate of drug-likeness (QED) is 0.348. The Kier molecular flexibility index (Phi) is 5.79. The van der Waals surface area contributed by atoms with E-state index in [1.165, 1.54) is 0 Å². The predicted octanol–water partition coefficient (Wildman–Crippen LogP) is 4.02. The third kappa shape index (κ3) is 4.38. The first kappa shape index (κ1) is 22.4. The van der Waals surface area contributed by atoms with E-state index in [0.717, 1.165) is 51.0 Å². The zero-order valence-electron chi connectivity index (χ0n) is 20.1. The fourth-order valence-corrected chi connectivity index (χ4v) is 4.02. The molecule has 176 valence electrons. The van der Waals surface area contributed by atoms with Gasteiger partial charge in [-0.3, -0.25) is 15.1 Å². The smallest absolute Gasteiger partial charge is 0.181 e. The lowest BCUT2D eigenvalue weighted by Gasteiger charge is -2.13. The fourth-order valence-electron chi connectivity index (χ4n) is 4.02. The molecule has 5 heterocycles. The highest BCUT2D eigenvalue weighted by Gasteiger charge is 2.17. The summed E-state index contributed by atoms with van der Waals surface area (Å²) in [7, 11) is 5.99. The van der Waals surface area contributed by atoms with Gasteiger partial charge in [0.05, 0.1) is 16.6 Å². The Balaban J connectivity index is 1.57. The van der Waals surface area contributed by atoms with Crippen molar-refractivity contribution >= 4 is 34.6 Å². The molecule has 0 fully saturated rings. The van der Waals surface area contributed by atoms with Crippen molar-refractivity contribution in [3.05, 3.63) is 60.4 Å². The molecular weight excluding hydrogens is 440 g/mol. The number of rotatable bonds is 7. The molecule has 0 saturated carbocycles. The van der Waals surface area contributed by atoms with Crippen molar-refractivity contribution in [3.63, 3.8) is 0 Å². The van der Waals surface area contributed by atoms with Crippen molar-refractivity contribution in [1.29, 1.82) is 0 Å². The number of hydrogen-bond acceptors (Lipinski definition) is 8. The van der Waals surface area contributed by atoms with E-state index in [9.17, 15) is 0 Å². The van der Waals surface area contributed by atoms with Gasteiger partial charge in [-0.25, -0.2) is 15.0 Å². The van der Waals surface area contributed by atoms with Gasteiger partial charge in [-0.1, -0.05) is 0 Å². The summed E-state index contributed by atoms with van der Waals surface area (Å²) in [5, 5.41) is 8.36. The average Bonchev–Trinajstić information content (AvgIpc) is 3.47. The maximum Gasteiger partial charge on any atom is 0.181 e. The highest BCUT2D eigenvalue weighted by atomic mass is 15.2. The van der Waals surface area contributed by atoms with Gasteiger partial charge in [0.2, 0.25) is 0 Å². The number of nitrogens with zero attached hydrogens (tertiary/aromatic N) is 8. The minimum absolute atomic E-state index is 0.618. The summed E-state index contributed by atoms with van der Waals surface area (Å²) in [6.45, 7) is 6.27. The molecule has 0 bridgehead atoms. The third-order valence-corrected chi connectivity index (χ3v) is 5.62. The molecule has 0 saturated heterocycles. The number of allylic oxidation sites excluding steroid dienone is 1. The molecule has 0 aliphatic carbocycles. The fraction of sp³-hybridized carbons (Fsp3) is 0.200. The van der Waals surface area contributed by atoms with E-state index in [-0.39, 0.29) is 0 Å². The van der Waals surface area contributed by atoms with Gasteiger partial charge in [0.25, 0.3) is 0 Å². The second-order valence-electron chi connectivity index (χ2n) is 8.67. The average molecular weight is 467 g/mol. The van der Waals surface area contributed by atoms with E-state index < -0.39 is 0 Å². The Morgan fingerprint density at radius 3 is 2.74 bits per heavy atom. The molecule has 10 heteroatoms. The zero-order valence-corrected chi connectivity index (χ0v) is 20.1. The molecule has 0 amide bonds. The highest BCUT2D eigenvalue weighted by molar-refractivity contribution is 5.95. The lowest BCUT2D eigenvalue weighted by atomic mass is 10.1. The monoisotopic (exact) mass is 466 g/mol. The first-order valence-electron chi connectivity index (χ1n) is 11.1. The van der Waals surface area contributed by atoms with E-state index in [1.807, 2.05) is 63.8 Å². The maximum absolute atomic E-state index is 4.86. The summed E-state index contributed by atoms with van der Waals surface area (Å²) in [6, 6.07) is 6.10.